The fourth-order valence-corrected chi connectivity index (χ4v) is 2.32. The van der Waals surface area contributed by atoms with Crippen LogP contribution in [-0.4, -0.2) is 27.3 Å². The third kappa shape index (κ3) is 3.48. The Balaban J connectivity index is 1.84. The van der Waals surface area contributed by atoms with Crippen molar-refractivity contribution < 1.29 is 19.1 Å². The zero-order valence-electron chi connectivity index (χ0n) is 12.9. The van der Waals surface area contributed by atoms with Crippen molar-refractivity contribution in [2.24, 2.45) is 0 Å². The first-order chi connectivity index (χ1) is 10.9. The summed E-state index contributed by atoms with van der Waals surface area (Å²) in [7, 11) is 0. The van der Waals surface area contributed by atoms with Crippen molar-refractivity contribution in [3.05, 3.63) is 59.7 Å². The number of aromatic nitrogens is 2. The molecular formula is C17H16N2O4. The van der Waals surface area contributed by atoms with Crippen LogP contribution in [0.5, 0.6) is 0 Å². The standard InChI is InChI=1S/C17H16N2O4/c1-17(2)22-15(20)14(16(21)23-17)9-12-4-3-5-13(8-12)10-19-7-6-18-11-19/h3-9,11H,10H2,1-2H3. The molecule has 0 aliphatic carbocycles. The summed E-state index contributed by atoms with van der Waals surface area (Å²) in [6.45, 7) is 3.69. The van der Waals surface area contributed by atoms with Crippen LogP contribution < -0.4 is 0 Å². The average molecular weight is 312 g/mol. The summed E-state index contributed by atoms with van der Waals surface area (Å²) in [6, 6.07) is 7.53. The molecule has 1 fully saturated rings. The average Bonchev–Trinajstić information content (AvgIpc) is 2.95. The topological polar surface area (TPSA) is 70.4 Å². The van der Waals surface area contributed by atoms with E-state index in [1.54, 1.807) is 12.5 Å². The van der Waals surface area contributed by atoms with Gasteiger partial charge in [0.05, 0.1) is 6.33 Å². The maximum absolute atomic E-state index is 12.0. The van der Waals surface area contributed by atoms with Crippen molar-refractivity contribution in [3.8, 4) is 0 Å². The van der Waals surface area contributed by atoms with Crippen molar-refractivity contribution in [1.82, 2.24) is 9.55 Å². The van der Waals surface area contributed by atoms with Crippen molar-refractivity contribution in [1.29, 1.82) is 0 Å². The van der Waals surface area contributed by atoms with Crippen molar-refractivity contribution in [2.45, 2.75) is 26.2 Å². The molecule has 2 aromatic rings. The van der Waals surface area contributed by atoms with Crippen molar-refractivity contribution in [3.63, 3.8) is 0 Å². The van der Waals surface area contributed by atoms with Gasteiger partial charge in [-0.05, 0) is 23.3 Å². The van der Waals surface area contributed by atoms with E-state index in [1.807, 2.05) is 35.0 Å². The van der Waals surface area contributed by atoms with Gasteiger partial charge in [-0.25, -0.2) is 14.6 Å². The number of carbonyl (C=O) groups excluding carboxylic acids is 2. The van der Waals surface area contributed by atoms with Crippen LogP contribution in [0.25, 0.3) is 6.08 Å². The van der Waals surface area contributed by atoms with Crippen LogP contribution in [0.3, 0.4) is 0 Å². The van der Waals surface area contributed by atoms with Crippen LogP contribution >= 0.6 is 0 Å². The number of nitrogens with zero attached hydrogens (tertiary/aromatic N) is 2. The summed E-state index contributed by atoms with van der Waals surface area (Å²) in [5.41, 5.74) is 1.64. The van der Waals surface area contributed by atoms with Gasteiger partial charge in [0.15, 0.2) is 0 Å². The van der Waals surface area contributed by atoms with Gasteiger partial charge in [-0.3, -0.25) is 0 Å². The lowest BCUT2D eigenvalue weighted by atomic mass is 10.1. The van der Waals surface area contributed by atoms with E-state index in [-0.39, 0.29) is 5.57 Å². The quantitative estimate of drug-likeness (QED) is 0.493. The lowest BCUT2D eigenvalue weighted by Crippen LogP contribution is -2.41. The Morgan fingerprint density at radius 3 is 2.61 bits per heavy atom. The van der Waals surface area contributed by atoms with Crippen LogP contribution in [0, 0.1) is 0 Å². The fraction of sp³-hybridized carbons (Fsp3) is 0.235. The molecule has 118 valence electrons. The Kier molecular flexibility index (Phi) is 3.73. The molecule has 6 nitrogen and oxygen atoms in total. The molecule has 0 radical (unpaired) electrons. The minimum Gasteiger partial charge on any atom is -0.419 e. The van der Waals surface area contributed by atoms with E-state index in [0.29, 0.717) is 6.54 Å². The second-order valence-electron chi connectivity index (χ2n) is 5.72. The molecule has 0 spiro atoms. The van der Waals surface area contributed by atoms with Gasteiger partial charge < -0.3 is 14.0 Å². The lowest BCUT2D eigenvalue weighted by Gasteiger charge is -2.29. The number of hydrogen-bond donors (Lipinski definition) is 0. The second kappa shape index (κ2) is 5.72. The highest BCUT2D eigenvalue weighted by molar-refractivity contribution is 6.18. The SMILES string of the molecule is CC1(C)OC(=O)C(=Cc2cccc(Cn3ccnc3)c2)C(=O)O1. The van der Waals surface area contributed by atoms with E-state index in [2.05, 4.69) is 4.98 Å². The molecule has 1 aromatic heterocycles. The second-order valence-corrected chi connectivity index (χ2v) is 5.72. The summed E-state index contributed by atoms with van der Waals surface area (Å²) in [5, 5.41) is 0. The van der Waals surface area contributed by atoms with E-state index in [9.17, 15) is 9.59 Å². The number of benzene rings is 1. The van der Waals surface area contributed by atoms with Crippen LogP contribution in [0.1, 0.15) is 25.0 Å². The smallest absolute Gasteiger partial charge is 0.348 e. The first-order valence-corrected chi connectivity index (χ1v) is 7.16. The Labute approximate surface area is 133 Å². The molecule has 2 heterocycles. The monoisotopic (exact) mass is 312 g/mol. The largest absolute Gasteiger partial charge is 0.419 e. The number of imidazole rings is 1. The molecule has 23 heavy (non-hydrogen) atoms. The minimum atomic E-state index is -1.23. The van der Waals surface area contributed by atoms with Crippen LogP contribution in [0.4, 0.5) is 0 Å². The zero-order valence-corrected chi connectivity index (χ0v) is 12.9. The molecule has 0 bridgehead atoms. The van der Waals surface area contributed by atoms with E-state index >= 15 is 0 Å². The Morgan fingerprint density at radius 1 is 1.22 bits per heavy atom. The molecule has 6 heteroatoms. The molecule has 0 unspecified atom stereocenters. The number of rotatable bonds is 3. The normalized spacial score (nSPS) is 16.7. The fourth-order valence-electron chi connectivity index (χ4n) is 2.32. The molecule has 1 aliphatic rings. The Morgan fingerprint density at radius 2 is 1.96 bits per heavy atom. The molecule has 0 amide bonds. The lowest BCUT2D eigenvalue weighted by molar-refractivity contribution is -0.222. The van der Waals surface area contributed by atoms with Crippen LogP contribution in [-0.2, 0) is 25.6 Å². The van der Waals surface area contributed by atoms with Crippen LogP contribution in [0.15, 0.2) is 48.6 Å². The van der Waals surface area contributed by atoms with Gasteiger partial charge in [-0.1, -0.05) is 18.2 Å². The maximum atomic E-state index is 12.0. The van der Waals surface area contributed by atoms with E-state index in [4.69, 9.17) is 9.47 Å². The van der Waals surface area contributed by atoms with Gasteiger partial charge in [0.2, 0.25) is 0 Å². The number of esters is 2. The predicted octanol–water partition coefficient (Wildman–Crippen LogP) is 2.15. The van der Waals surface area contributed by atoms with Gasteiger partial charge in [0.25, 0.3) is 5.79 Å². The molecule has 1 saturated heterocycles. The molecule has 0 atom stereocenters. The van der Waals surface area contributed by atoms with Crippen LogP contribution in [0.2, 0.25) is 0 Å². The first-order valence-electron chi connectivity index (χ1n) is 7.16. The summed E-state index contributed by atoms with van der Waals surface area (Å²) in [4.78, 5) is 27.9. The Hall–Kier alpha value is -2.89. The Bertz CT molecular complexity index is 754. The summed E-state index contributed by atoms with van der Waals surface area (Å²) >= 11 is 0. The van der Waals surface area contributed by atoms with Crippen molar-refractivity contribution >= 4 is 18.0 Å². The third-order valence-electron chi connectivity index (χ3n) is 3.30. The highest BCUT2D eigenvalue weighted by Gasteiger charge is 2.38. The van der Waals surface area contributed by atoms with E-state index < -0.39 is 17.7 Å². The first kappa shape index (κ1) is 15.0. The van der Waals surface area contributed by atoms with E-state index in [1.165, 1.54) is 19.9 Å². The summed E-state index contributed by atoms with van der Waals surface area (Å²) in [6.07, 6.45) is 6.78. The number of cyclic esters (lactones) is 2. The zero-order chi connectivity index (χ0) is 16.4. The third-order valence-corrected chi connectivity index (χ3v) is 3.30. The number of carbonyl (C=O) groups is 2. The van der Waals surface area contributed by atoms with Gasteiger partial charge in [-0.2, -0.15) is 0 Å². The highest BCUT2D eigenvalue weighted by Crippen LogP contribution is 2.24. The number of ether oxygens (including phenoxy) is 2. The molecule has 1 aliphatic heterocycles. The molecule has 3 rings (SSSR count). The predicted molar refractivity (Wildman–Crippen MR) is 82.0 cm³/mol. The molecular weight excluding hydrogens is 296 g/mol. The highest BCUT2D eigenvalue weighted by atomic mass is 16.7. The van der Waals surface area contributed by atoms with Crippen molar-refractivity contribution in [2.75, 3.05) is 0 Å². The summed E-state index contributed by atoms with van der Waals surface area (Å²) in [5.74, 6) is -2.58. The van der Waals surface area contributed by atoms with Gasteiger partial charge in [0.1, 0.15) is 5.57 Å². The summed E-state index contributed by atoms with van der Waals surface area (Å²) < 4.78 is 12.1. The minimum absolute atomic E-state index is 0.107. The molecule has 0 saturated carbocycles. The molecule has 0 N–H and O–H groups in total. The van der Waals surface area contributed by atoms with Gasteiger partial charge in [-0.15, -0.1) is 0 Å². The van der Waals surface area contributed by atoms with Gasteiger partial charge >= 0.3 is 11.9 Å². The molecule has 1 aromatic carbocycles. The van der Waals surface area contributed by atoms with Gasteiger partial charge in [0, 0.05) is 32.8 Å². The maximum Gasteiger partial charge on any atom is 0.348 e. The number of hydrogen-bond acceptors (Lipinski definition) is 5. The van der Waals surface area contributed by atoms with E-state index in [0.717, 1.165) is 11.1 Å².